The summed E-state index contributed by atoms with van der Waals surface area (Å²) < 4.78 is 0. The van der Waals surface area contributed by atoms with Crippen molar-refractivity contribution in [1.82, 2.24) is 15.2 Å². The van der Waals surface area contributed by atoms with Gasteiger partial charge in [-0.2, -0.15) is 0 Å². The molecule has 0 aliphatic carbocycles. The normalized spacial score (nSPS) is 18.3. The summed E-state index contributed by atoms with van der Waals surface area (Å²) in [5, 5.41) is 3.35. The van der Waals surface area contributed by atoms with E-state index in [1.807, 2.05) is 12.1 Å². The molecule has 14 heavy (non-hydrogen) atoms. The molecule has 1 fully saturated rings. The van der Waals surface area contributed by atoms with E-state index in [0.717, 1.165) is 26.1 Å². The Labute approximate surface area is 85.1 Å². The fourth-order valence-electron chi connectivity index (χ4n) is 1.71. The molecule has 1 aromatic rings. The summed E-state index contributed by atoms with van der Waals surface area (Å²) in [4.78, 5) is 6.75. The maximum Gasteiger partial charge on any atom is 0.0416 e. The van der Waals surface area contributed by atoms with E-state index in [1.54, 1.807) is 6.20 Å². The average Bonchev–Trinajstić information content (AvgIpc) is 2.29. The predicted molar refractivity (Wildman–Crippen MR) is 56.1 cm³/mol. The Kier molecular flexibility index (Phi) is 3.49. The lowest BCUT2D eigenvalue weighted by molar-refractivity contribution is 0.243. The largest absolute Gasteiger partial charge is 0.314 e. The molecule has 1 radical (unpaired) electrons. The van der Waals surface area contributed by atoms with Crippen LogP contribution in [0.4, 0.5) is 0 Å². The van der Waals surface area contributed by atoms with Gasteiger partial charge in [-0.3, -0.25) is 4.98 Å². The molecule has 0 spiro atoms. The first-order valence-electron chi connectivity index (χ1n) is 5.19. The highest BCUT2D eigenvalue weighted by molar-refractivity contribution is 5.02. The van der Waals surface area contributed by atoms with Crippen LogP contribution in [0.1, 0.15) is 5.69 Å². The lowest BCUT2D eigenvalue weighted by Gasteiger charge is -2.26. The van der Waals surface area contributed by atoms with Gasteiger partial charge in [0.25, 0.3) is 0 Å². The van der Waals surface area contributed by atoms with Gasteiger partial charge in [0.15, 0.2) is 0 Å². The molecule has 0 atom stereocenters. The summed E-state index contributed by atoms with van der Waals surface area (Å²) in [7, 11) is 0. The molecular weight excluding hydrogens is 174 g/mol. The standard InChI is InChI=1S/C11H16N3/c1-2-5-13-11(3-1)4-8-14-9-6-12-7-10-14/h1,3,5,12H,4,6-10H2. The van der Waals surface area contributed by atoms with Crippen molar-refractivity contribution in [3.05, 3.63) is 30.1 Å². The second-order valence-corrected chi connectivity index (χ2v) is 3.59. The van der Waals surface area contributed by atoms with E-state index in [9.17, 15) is 0 Å². The molecule has 1 N–H and O–H groups in total. The Balaban J connectivity index is 1.76. The van der Waals surface area contributed by atoms with Gasteiger partial charge in [0.2, 0.25) is 0 Å². The van der Waals surface area contributed by atoms with Gasteiger partial charge in [0.1, 0.15) is 0 Å². The number of pyridine rings is 1. The summed E-state index contributed by atoms with van der Waals surface area (Å²) in [5.74, 6) is 0. The van der Waals surface area contributed by atoms with Gasteiger partial charge < -0.3 is 10.2 Å². The topological polar surface area (TPSA) is 28.2 Å². The maximum absolute atomic E-state index is 4.27. The zero-order valence-electron chi connectivity index (χ0n) is 8.37. The molecule has 1 aliphatic rings. The van der Waals surface area contributed by atoms with Gasteiger partial charge in [0, 0.05) is 57.1 Å². The Morgan fingerprint density at radius 3 is 3.00 bits per heavy atom. The van der Waals surface area contributed by atoms with Crippen molar-refractivity contribution in [1.29, 1.82) is 0 Å². The summed E-state index contributed by atoms with van der Waals surface area (Å²) in [6, 6.07) is 6.91. The molecule has 0 aromatic carbocycles. The molecule has 2 heterocycles. The number of aromatic nitrogens is 1. The van der Waals surface area contributed by atoms with Crippen LogP contribution in [0.15, 0.2) is 18.3 Å². The SMILES string of the molecule is [c]1ccc(CCN2CCNCC2)nc1. The fourth-order valence-corrected chi connectivity index (χ4v) is 1.71. The smallest absolute Gasteiger partial charge is 0.0416 e. The van der Waals surface area contributed by atoms with Crippen LogP contribution in [0.25, 0.3) is 0 Å². The summed E-state index contributed by atoms with van der Waals surface area (Å²) in [6.45, 7) is 5.70. The molecule has 1 aromatic heterocycles. The maximum atomic E-state index is 4.27. The Hall–Kier alpha value is -0.930. The van der Waals surface area contributed by atoms with Crippen LogP contribution in [0, 0.1) is 6.07 Å². The van der Waals surface area contributed by atoms with Crippen LogP contribution in [0.2, 0.25) is 0 Å². The number of rotatable bonds is 3. The molecule has 2 rings (SSSR count). The molecule has 0 bridgehead atoms. The third-order valence-corrected chi connectivity index (χ3v) is 2.57. The van der Waals surface area contributed by atoms with Crippen molar-refractivity contribution in [2.75, 3.05) is 32.7 Å². The van der Waals surface area contributed by atoms with E-state index in [2.05, 4.69) is 21.3 Å². The van der Waals surface area contributed by atoms with E-state index < -0.39 is 0 Å². The second-order valence-electron chi connectivity index (χ2n) is 3.59. The molecule has 1 saturated heterocycles. The van der Waals surface area contributed by atoms with Gasteiger partial charge in [-0.15, -0.1) is 0 Å². The van der Waals surface area contributed by atoms with Crippen LogP contribution in [-0.2, 0) is 6.42 Å². The van der Waals surface area contributed by atoms with Crippen molar-refractivity contribution >= 4 is 0 Å². The third-order valence-electron chi connectivity index (χ3n) is 2.57. The van der Waals surface area contributed by atoms with E-state index in [1.165, 1.54) is 18.8 Å². The van der Waals surface area contributed by atoms with Gasteiger partial charge in [0.05, 0.1) is 0 Å². The molecular formula is C11H16N3. The first kappa shape index (κ1) is 9.62. The van der Waals surface area contributed by atoms with E-state index in [0.29, 0.717) is 0 Å². The van der Waals surface area contributed by atoms with Crippen molar-refractivity contribution in [3.63, 3.8) is 0 Å². The fraction of sp³-hybridized carbons (Fsp3) is 0.545. The lowest BCUT2D eigenvalue weighted by Crippen LogP contribution is -2.44. The van der Waals surface area contributed by atoms with E-state index in [4.69, 9.17) is 0 Å². The Morgan fingerprint density at radius 1 is 1.43 bits per heavy atom. The lowest BCUT2D eigenvalue weighted by atomic mass is 10.2. The van der Waals surface area contributed by atoms with Crippen LogP contribution < -0.4 is 5.32 Å². The van der Waals surface area contributed by atoms with Gasteiger partial charge >= 0.3 is 0 Å². The molecule has 1 aliphatic heterocycles. The molecule has 3 nitrogen and oxygen atoms in total. The van der Waals surface area contributed by atoms with Gasteiger partial charge in [-0.1, -0.05) is 6.07 Å². The van der Waals surface area contributed by atoms with Crippen molar-refractivity contribution < 1.29 is 0 Å². The van der Waals surface area contributed by atoms with Gasteiger partial charge in [-0.25, -0.2) is 0 Å². The number of hydrogen-bond donors (Lipinski definition) is 1. The highest BCUT2D eigenvalue weighted by Gasteiger charge is 2.08. The van der Waals surface area contributed by atoms with Crippen LogP contribution in [0.3, 0.4) is 0 Å². The molecule has 0 unspecified atom stereocenters. The zero-order chi connectivity index (χ0) is 9.64. The number of nitrogens with zero attached hydrogens (tertiary/aromatic N) is 2. The van der Waals surface area contributed by atoms with Crippen molar-refractivity contribution in [3.8, 4) is 0 Å². The minimum atomic E-state index is 1.05. The van der Waals surface area contributed by atoms with E-state index >= 15 is 0 Å². The van der Waals surface area contributed by atoms with Crippen LogP contribution in [-0.4, -0.2) is 42.6 Å². The minimum absolute atomic E-state index is 1.05. The average molecular weight is 190 g/mol. The van der Waals surface area contributed by atoms with Crippen molar-refractivity contribution in [2.45, 2.75) is 6.42 Å². The van der Waals surface area contributed by atoms with Crippen LogP contribution >= 0.6 is 0 Å². The first-order chi connectivity index (χ1) is 6.95. The van der Waals surface area contributed by atoms with Gasteiger partial charge in [-0.05, 0) is 6.07 Å². The molecule has 0 amide bonds. The van der Waals surface area contributed by atoms with Crippen LogP contribution in [0.5, 0.6) is 0 Å². The summed E-state index contributed by atoms with van der Waals surface area (Å²) >= 11 is 0. The zero-order valence-corrected chi connectivity index (χ0v) is 8.37. The molecule has 0 saturated carbocycles. The minimum Gasteiger partial charge on any atom is -0.314 e. The molecule has 75 valence electrons. The second kappa shape index (κ2) is 5.08. The number of hydrogen-bond acceptors (Lipinski definition) is 3. The van der Waals surface area contributed by atoms with Crippen molar-refractivity contribution in [2.24, 2.45) is 0 Å². The summed E-state index contributed by atoms with van der Waals surface area (Å²) in [5.41, 5.74) is 1.17. The highest BCUT2D eigenvalue weighted by Crippen LogP contribution is 1.98. The van der Waals surface area contributed by atoms with E-state index in [-0.39, 0.29) is 0 Å². The third kappa shape index (κ3) is 2.79. The highest BCUT2D eigenvalue weighted by atomic mass is 15.2. The number of nitrogens with one attached hydrogen (secondary N) is 1. The summed E-state index contributed by atoms with van der Waals surface area (Å²) in [6.07, 6.45) is 2.79. The number of piperazine rings is 1. The quantitative estimate of drug-likeness (QED) is 0.744. The Bertz CT molecular complexity index is 254. The first-order valence-corrected chi connectivity index (χ1v) is 5.19. The predicted octanol–water partition coefficient (Wildman–Crippen LogP) is 0.329. The Morgan fingerprint density at radius 2 is 2.29 bits per heavy atom. The molecule has 3 heteroatoms. The monoisotopic (exact) mass is 190 g/mol.